The molecule has 24 heavy (non-hydrogen) atoms. The van der Waals surface area contributed by atoms with E-state index in [-0.39, 0.29) is 11.6 Å². The normalized spacial score (nSPS) is 12.1. The number of nitrogens with zero attached hydrogens (tertiary/aromatic N) is 1. The van der Waals surface area contributed by atoms with Crippen LogP contribution in [0.25, 0.3) is 0 Å². The highest BCUT2D eigenvalue weighted by Gasteiger charge is 2.16. The number of ether oxygens (including phenoxy) is 1. The fourth-order valence-electron chi connectivity index (χ4n) is 2.35. The molecule has 2 rings (SSSR count). The Labute approximate surface area is 140 Å². The number of amides is 1. The van der Waals surface area contributed by atoms with Crippen LogP contribution in [0.15, 0.2) is 42.5 Å². The third-order valence-electron chi connectivity index (χ3n) is 3.76. The second kappa shape index (κ2) is 7.88. The van der Waals surface area contributed by atoms with E-state index in [1.807, 2.05) is 43.3 Å². The number of likely N-dealkylation sites (N-methyl/N-ethyl adjacent to an activating group) is 1. The Hall–Kier alpha value is -2.47. The van der Waals surface area contributed by atoms with Gasteiger partial charge in [0.15, 0.2) is 11.6 Å². The predicted octanol–water partition coefficient (Wildman–Crippen LogP) is 3.01. The van der Waals surface area contributed by atoms with Crippen molar-refractivity contribution in [3.05, 3.63) is 65.2 Å². The molecule has 0 aliphatic heterocycles. The first-order chi connectivity index (χ1) is 11.4. The van der Waals surface area contributed by atoms with Gasteiger partial charge < -0.3 is 15.0 Å². The maximum Gasteiger partial charge on any atom is 0.251 e. The molecule has 1 atom stereocenters. The summed E-state index contributed by atoms with van der Waals surface area (Å²) in [6, 6.07) is 10.6. The standard InChI is InChI=1S/C18H20F2N2O2/c1-22(2)17(12-4-7-14(24-3)8-5-12)11-21-18(23)13-6-9-15(19)16(20)10-13/h4-10,17H,11H2,1-3H3,(H,21,23). The molecule has 0 bridgehead atoms. The predicted molar refractivity (Wildman–Crippen MR) is 88.1 cm³/mol. The van der Waals surface area contributed by atoms with E-state index in [4.69, 9.17) is 4.74 Å². The van der Waals surface area contributed by atoms with Crippen LogP contribution in [-0.4, -0.2) is 38.6 Å². The molecule has 0 saturated carbocycles. The molecule has 2 aromatic rings. The van der Waals surface area contributed by atoms with Gasteiger partial charge in [-0.2, -0.15) is 0 Å². The maximum absolute atomic E-state index is 13.2. The van der Waals surface area contributed by atoms with Crippen LogP contribution >= 0.6 is 0 Å². The highest BCUT2D eigenvalue weighted by atomic mass is 19.2. The van der Waals surface area contributed by atoms with E-state index in [0.29, 0.717) is 6.54 Å². The van der Waals surface area contributed by atoms with Gasteiger partial charge in [-0.05, 0) is 50.0 Å². The Bertz CT molecular complexity index is 703. The van der Waals surface area contributed by atoms with Gasteiger partial charge >= 0.3 is 0 Å². The Morgan fingerprint density at radius 3 is 2.33 bits per heavy atom. The number of hydrogen-bond donors (Lipinski definition) is 1. The third-order valence-corrected chi connectivity index (χ3v) is 3.76. The van der Waals surface area contributed by atoms with Crippen molar-refractivity contribution in [3.63, 3.8) is 0 Å². The Morgan fingerprint density at radius 1 is 1.12 bits per heavy atom. The monoisotopic (exact) mass is 334 g/mol. The van der Waals surface area contributed by atoms with E-state index in [2.05, 4.69) is 5.32 Å². The van der Waals surface area contributed by atoms with E-state index in [1.54, 1.807) is 7.11 Å². The molecule has 0 aromatic heterocycles. The van der Waals surface area contributed by atoms with Crippen molar-refractivity contribution in [2.24, 2.45) is 0 Å². The Balaban J connectivity index is 2.07. The zero-order valence-corrected chi connectivity index (χ0v) is 13.8. The zero-order valence-electron chi connectivity index (χ0n) is 13.8. The molecule has 128 valence electrons. The molecule has 4 nitrogen and oxygen atoms in total. The number of rotatable bonds is 6. The van der Waals surface area contributed by atoms with Crippen LogP contribution in [0.1, 0.15) is 22.0 Å². The lowest BCUT2D eigenvalue weighted by molar-refractivity contribution is 0.0941. The fraction of sp³-hybridized carbons (Fsp3) is 0.278. The van der Waals surface area contributed by atoms with Crippen molar-refractivity contribution in [1.29, 1.82) is 0 Å². The van der Waals surface area contributed by atoms with Gasteiger partial charge in [-0.3, -0.25) is 4.79 Å². The second-order valence-corrected chi connectivity index (χ2v) is 5.59. The van der Waals surface area contributed by atoms with Gasteiger partial charge in [0.25, 0.3) is 5.91 Å². The molecule has 0 radical (unpaired) electrons. The lowest BCUT2D eigenvalue weighted by Crippen LogP contribution is -2.34. The molecule has 1 unspecified atom stereocenters. The van der Waals surface area contributed by atoms with E-state index in [1.165, 1.54) is 6.07 Å². The summed E-state index contributed by atoms with van der Waals surface area (Å²) in [5.41, 5.74) is 1.09. The fourth-order valence-corrected chi connectivity index (χ4v) is 2.35. The van der Waals surface area contributed by atoms with Gasteiger partial charge in [0.1, 0.15) is 5.75 Å². The smallest absolute Gasteiger partial charge is 0.251 e. The largest absolute Gasteiger partial charge is 0.497 e. The number of methoxy groups -OCH3 is 1. The van der Waals surface area contributed by atoms with Gasteiger partial charge in [0.2, 0.25) is 0 Å². The van der Waals surface area contributed by atoms with E-state index in [0.717, 1.165) is 23.4 Å². The van der Waals surface area contributed by atoms with Crippen LogP contribution in [0, 0.1) is 11.6 Å². The van der Waals surface area contributed by atoms with Crippen LogP contribution in [-0.2, 0) is 0 Å². The molecule has 0 heterocycles. The maximum atomic E-state index is 13.2. The number of carbonyl (C=O) groups is 1. The van der Waals surface area contributed by atoms with Gasteiger partial charge in [0.05, 0.1) is 13.2 Å². The lowest BCUT2D eigenvalue weighted by atomic mass is 10.1. The Kier molecular flexibility index (Phi) is 5.87. The zero-order chi connectivity index (χ0) is 17.7. The molecule has 0 spiro atoms. The van der Waals surface area contributed by atoms with Gasteiger partial charge in [-0.15, -0.1) is 0 Å². The van der Waals surface area contributed by atoms with Crippen molar-refractivity contribution in [1.82, 2.24) is 10.2 Å². The number of carbonyl (C=O) groups excluding carboxylic acids is 1. The highest BCUT2D eigenvalue weighted by molar-refractivity contribution is 5.94. The van der Waals surface area contributed by atoms with Crippen LogP contribution < -0.4 is 10.1 Å². The average molecular weight is 334 g/mol. The summed E-state index contributed by atoms with van der Waals surface area (Å²) in [7, 11) is 5.40. The molecule has 0 aliphatic carbocycles. The molecule has 0 aliphatic rings. The SMILES string of the molecule is COc1ccc(C(CNC(=O)c2ccc(F)c(F)c2)N(C)C)cc1. The van der Waals surface area contributed by atoms with Crippen LogP contribution in [0.4, 0.5) is 8.78 Å². The molecular formula is C18H20F2N2O2. The topological polar surface area (TPSA) is 41.6 Å². The summed E-state index contributed by atoms with van der Waals surface area (Å²) in [6.07, 6.45) is 0. The van der Waals surface area contributed by atoms with Crippen molar-refractivity contribution >= 4 is 5.91 Å². The van der Waals surface area contributed by atoms with Gasteiger partial charge in [0, 0.05) is 12.1 Å². The lowest BCUT2D eigenvalue weighted by Gasteiger charge is -2.25. The number of hydrogen-bond acceptors (Lipinski definition) is 3. The summed E-state index contributed by atoms with van der Waals surface area (Å²) in [6.45, 7) is 0.331. The first-order valence-electron chi connectivity index (χ1n) is 7.46. The van der Waals surface area contributed by atoms with Crippen LogP contribution in [0.3, 0.4) is 0 Å². The minimum Gasteiger partial charge on any atom is -0.497 e. The van der Waals surface area contributed by atoms with Crippen LogP contribution in [0.2, 0.25) is 0 Å². The Morgan fingerprint density at radius 2 is 1.79 bits per heavy atom. The minimum absolute atomic E-state index is 0.0647. The molecule has 2 aromatic carbocycles. The minimum atomic E-state index is -1.04. The average Bonchev–Trinajstić information content (AvgIpc) is 2.57. The third kappa shape index (κ3) is 4.29. The summed E-state index contributed by atoms with van der Waals surface area (Å²) < 4.78 is 31.3. The first-order valence-corrected chi connectivity index (χ1v) is 7.46. The summed E-state index contributed by atoms with van der Waals surface area (Å²) in [4.78, 5) is 14.1. The van der Waals surface area contributed by atoms with Crippen LogP contribution in [0.5, 0.6) is 5.75 Å². The molecule has 0 fully saturated rings. The highest BCUT2D eigenvalue weighted by Crippen LogP contribution is 2.21. The van der Waals surface area contributed by atoms with Crippen molar-refractivity contribution in [3.8, 4) is 5.75 Å². The number of halogens is 2. The van der Waals surface area contributed by atoms with E-state index in [9.17, 15) is 13.6 Å². The van der Waals surface area contributed by atoms with Gasteiger partial charge in [-0.1, -0.05) is 12.1 Å². The number of benzene rings is 2. The molecule has 1 N–H and O–H groups in total. The molecule has 6 heteroatoms. The summed E-state index contributed by atoms with van der Waals surface area (Å²) >= 11 is 0. The van der Waals surface area contributed by atoms with E-state index >= 15 is 0 Å². The van der Waals surface area contributed by atoms with Crippen molar-refractivity contribution in [2.45, 2.75) is 6.04 Å². The van der Waals surface area contributed by atoms with Crippen molar-refractivity contribution < 1.29 is 18.3 Å². The van der Waals surface area contributed by atoms with Crippen molar-refractivity contribution in [2.75, 3.05) is 27.7 Å². The second-order valence-electron chi connectivity index (χ2n) is 5.59. The van der Waals surface area contributed by atoms with E-state index < -0.39 is 17.5 Å². The summed E-state index contributed by atoms with van der Waals surface area (Å²) in [5.74, 6) is -1.71. The van der Waals surface area contributed by atoms with Gasteiger partial charge in [-0.25, -0.2) is 8.78 Å². The molecule has 0 saturated heterocycles. The molecule has 1 amide bonds. The quantitative estimate of drug-likeness (QED) is 0.883. The first kappa shape index (κ1) is 17.9. The number of nitrogens with one attached hydrogen (secondary N) is 1. The summed E-state index contributed by atoms with van der Waals surface area (Å²) in [5, 5.41) is 2.75. The molecular weight excluding hydrogens is 314 g/mol.